The molecule has 0 aliphatic carbocycles. The smallest absolute Gasteiger partial charge is 0.257 e. The average Bonchev–Trinajstić information content (AvgIpc) is 2.73. The quantitative estimate of drug-likeness (QED) is 0.471. The largest absolute Gasteiger partial charge is 0.360 e. The molecule has 0 radical (unpaired) electrons. The summed E-state index contributed by atoms with van der Waals surface area (Å²) in [7, 11) is 0. The lowest BCUT2D eigenvalue weighted by Crippen LogP contribution is -2.39. The molecular weight excluding hydrogens is 374 g/mol. The molecule has 2 heterocycles. The molecule has 3 amide bonds. The maximum absolute atomic E-state index is 12.4. The molecule has 0 fully saturated rings. The molecule has 0 bridgehead atoms. The van der Waals surface area contributed by atoms with Crippen LogP contribution in [0.3, 0.4) is 0 Å². The summed E-state index contributed by atoms with van der Waals surface area (Å²) < 4.78 is 0. The Labute approximate surface area is 165 Å². The molecule has 148 valence electrons. The van der Waals surface area contributed by atoms with Crippen molar-refractivity contribution in [1.82, 2.24) is 20.6 Å². The first-order chi connectivity index (χ1) is 14.0. The third-order valence-corrected chi connectivity index (χ3v) is 4.08. The predicted octanol–water partition coefficient (Wildman–Crippen LogP) is 0.798. The molecule has 0 spiro atoms. The number of benzene rings is 1. The van der Waals surface area contributed by atoms with Crippen molar-refractivity contribution in [1.29, 1.82) is 0 Å². The number of rotatable bonds is 7. The van der Waals surface area contributed by atoms with Gasteiger partial charge in [-0.05, 0) is 24.3 Å². The van der Waals surface area contributed by atoms with E-state index in [4.69, 9.17) is 0 Å². The van der Waals surface area contributed by atoms with Gasteiger partial charge in [0, 0.05) is 48.1 Å². The minimum atomic E-state index is -0.650. The van der Waals surface area contributed by atoms with Crippen LogP contribution in [0.15, 0.2) is 59.8 Å². The number of H-pyrrole nitrogens is 1. The summed E-state index contributed by atoms with van der Waals surface area (Å²) in [5.74, 6) is -1.38. The maximum atomic E-state index is 12.4. The minimum absolute atomic E-state index is 0.0757. The number of pyridine rings is 2. The summed E-state index contributed by atoms with van der Waals surface area (Å²) in [6.45, 7) is -0.195. The Morgan fingerprint density at radius 3 is 2.52 bits per heavy atom. The zero-order chi connectivity index (χ0) is 20.6. The number of carbonyl (C=O) groups is 3. The summed E-state index contributed by atoms with van der Waals surface area (Å²) >= 11 is 0. The van der Waals surface area contributed by atoms with Crippen LogP contribution >= 0.6 is 0 Å². The summed E-state index contributed by atoms with van der Waals surface area (Å²) in [6, 6.07) is 10.1. The number of aromatic nitrogens is 2. The second-order valence-corrected chi connectivity index (χ2v) is 6.14. The summed E-state index contributed by atoms with van der Waals surface area (Å²) in [6.07, 6.45) is 4.51. The van der Waals surface area contributed by atoms with E-state index in [1.807, 2.05) is 0 Å². The lowest BCUT2D eigenvalue weighted by molar-refractivity contribution is -0.120. The summed E-state index contributed by atoms with van der Waals surface area (Å²) in [4.78, 5) is 55.0. The molecule has 9 heteroatoms. The molecule has 0 aliphatic rings. The number of carbonyl (C=O) groups excluding carboxylic acids is 3. The Kier molecular flexibility index (Phi) is 6.31. The molecule has 4 N–H and O–H groups in total. The van der Waals surface area contributed by atoms with E-state index in [2.05, 4.69) is 25.9 Å². The Balaban J connectivity index is 1.44. The van der Waals surface area contributed by atoms with E-state index in [9.17, 15) is 19.2 Å². The minimum Gasteiger partial charge on any atom is -0.360 e. The number of nitrogens with zero attached hydrogens (tertiary/aromatic N) is 1. The number of aromatic amines is 1. The zero-order valence-electron chi connectivity index (χ0n) is 15.4. The fraction of sp³-hybridized carbons (Fsp3) is 0.150. The average molecular weight is 393 g/mol. The molecule has 0 saturated heterocycles. The first-order valence-corrected chi connectivity index (χ1v) is 8.90. The van der Waals surface area contributed by atoms with E-state index in [1.54, 1.807) is 48.8 Å². The molecule has 0 atom stereocenters. The third kappa shape index (κ3) is 5.25. The molecule has 1 aromatic carbocycles. The Morgan fingerprint density at radius 1 is 0.966 bits per heavy atom. The van der Waals surface area contributed by atoms with Gasteiger partial charge >= 0.3 is 0 Å². The third-order valence-electron chi connectivity index (χ3n) is 4.08. The summed E-state index contributed by atoms with van der Waals surface area (Å²) in [5, 5.41) is 8.00. The van der Waals surface area contributed by atoms with E-state index in [1.165, 1.54) is 6.20 Å². The Bertz CT molecular complexity index is 1090. The monoisotopic (exact) mass is 393 g/mol. The second kappa shape index (κ2) is 9.27. The van der Waals surface area contributed by atoms with Crippen LogP contribution in [0, 0.1) is 0 Å². The maximum Gasteiger partial charge on any atom is 0.257 e. The van der Waals surface area contributed by atoms with Crippen molar-refractivity contribution in [3.8, 4) is 0 Å². The number of hydrogen-bond acceptors (Lipinski definition) is 5. The van der Waals surface area contributed by atoms with Crippen molar-refractivity contribution in [2.24, 2.45) is 0 Å². The molecule has 0 unspecified atom stereocenters. The molecule has 3 aromatic rings. The van der Waals surface area contributed by atoms with Crippen molar-refractivity contribution >= 4 is 34.3 Å². The van der Waals surface area contributed by atoms with E-state index in [-0.39, 0.29) is 31.0 Å². The van der Waals surface area contributed by atoms with Crippen molar-refractivity contribution in [2.45, 2.75) is 6.42 Å². The lowest BCUT2D eigenvalue weighted by atomic mass is 10.1. The van der Waals surface area contributed by atoms with Gasteiger partial charge in [0.05, 0.1) is 6.54 Å². The molecule has 3 rings (SSSR count). The van der Waals surface area contributed by atoms with Gasteiger partial charge in [0.25, 0.3) is 5.91 Å². The van der Waals surface area contributed by atoms with Crippen molar-refractivity contribution in [2.75, 3.05) is 18.4 Å². The normalized spacial score (nSPS) is 10.3. The van der Waals surface area contributed by atoms with E-state index < -0.39 is 17.2 Å². The zero-order valence-corrected chi connectivity index (χ0v) is 15.4. The fourth-order valence-corrected chi connectivity index (χ4v) is 2.63. The van der Waals surface area contributed by atoms with Crippen LogP contribution in [-0.2, 0) is 9.59 Å². The highest BCUT2D eigenvalue weighted by Crippen LogP contribution is 2.07. The van der Waals surface area contributed by atoms with Gasteiger partial charge < -0.3 is 20.9 Å². The number of nitrogens with one attached hydrogen (secondary N) is 4. The van der Waals surface area contributed by atoms with Crippen LogP contribution in [0.1, 0.15) is 16.8 Å². The van der Waals surface area contributed by atoms with Gasteiger partial charge in [-0.2, -0.15) is 0 Å². The number of anilines is 1. The van der Waals surface area contributed by atoms with Crippen LogP contribution < -0.4 is 21.4 Å². The number of hydrogen-bond donors (Lipinski definition) is 4. The molecule has 9 nitrogen and oxygen atoms in total. The Hall–Kier alpha value is -4.01. The topological polar surface area (TPSA) is 133 Å². The van der Waals surface area contributed by atoms with Crippen molar-refractivity contribution < 1.29 is 14.4 Å². The summed E-state index contributed by atoms with van der Waals surface area (Å²) in [5.41, 5.74) is 0.749. The number of amides is 3. The van der Waals surface area contributed by atoms with Crippen LogP contribution in [0.25, 0.3) is 10.9 Å². The standard InChI is InChI=1S/C20H19N5O4/c26-17(25-13-5-8-21-9-6-13)7-10-22-18(27)12-24-20(29)15-11-23-16-4-2-1-3-14(16)19(15)28/h1-6,8-9,11H,7,10,12H2,(H,22,27)(H,23,28)(H,24,29)(H,21,25,26). The van der Waals surface area contributed by atoms with Gasteiger partial charge in [-0.3, -0.25) is 24.2 Å². The van der Waals surface area contributed by atoms with Gasteiger partial charge in [-0.1, -0.05) is 12.1 Å². The number of para-hydroxylation sites is 1. The van der Waals surface area contributed by atoms with Gasteiger partial charge in [-0.15, -0.1) is 0 Å². The molecule has 29 heavy (non-hydrogen) atoms. The van der Waals surface area contributed by atoms with Crippen LogP contribution in [0.4, 0.5) is 5.69 Å². The lowest BCUT2D eigenvalue weighted by Gasteiger charge is -2.08. The predicted molar refractivity (Wildman–Crippen MR) is 107 cm³/mol. The van der Waals surface area contributed by atoms with E-state index >= 15 is 0 Å². The molecule has 0 aliphatic heterocycles. The SMILES string of the molecule is O=C(CNC(=O)c1c[nH]c2ccccc2c1=O)NCCC(=O)Nc1ccncc1. The van der Waals surface area contributed by atoms with Crippen molar-refractivity contribution in [3.05, 3.63) is 70.8 Å². The second-order valence-electron chi connectivity index (χ2n) is 6.14. The fourth-order valence-electron chi connectivity index (χ4n) is 2.63. The van der Waals surface area contributed by atoms with E-state index in [0.717, 1.165) is 0 Å². The molecule has 0 saturated carbocycles. The highest BCUT2D eigenvalue weighted by atomic mass is 16.2. The van der Waals surface area contributed by atoms with Crippen molar-refractivity contribution in [3.63, 3.8) is 0 Å². The molecular formula is C20H19N5O4. The van der Waals surface area contributed by atoms with Gasteiger partial charge in [0.1, 0.15) is 5.56 Å². The van der Waals surface area contributed by atoms with Gasteiger partial charge in [-0.25, -0.2) is 0 Å². The molecule has 2 aromatic heterocycles. The number of fused-ring (bicyclic) bond motifs is 1. The highest BCUT2D eigenvalue weighted by Gasteiger charge is 2.14. The first kappa shape index (κ1) is 19.7. The van der Waals surface area contributed by atoms with E-state index in [0.29, 0.717) is 16.6 Å². The Morgan fingerprint density at radius 2 is 1.72 bits per heavy atom. The van der Waals surface area contributed by atoms with Crippen LogP contribution in [0.2, 0.25) is 0 Å². The van der Waals surface area contributed by atoms with Crippen LogP contribution in [0.5, 0.6) is 0 Å². The van der Waals surface area contributed by atoms with Crippen LogP contribution in [-0.4, -0.2) is 40.8 Å². The first-order valence-electron chi connectivity index (χ1n) is 8.90. The van der Waals surface area contributed by atoms with Gasteiger partial charge in [0.2, 0.25) is 17.2 Å². The van der Waals surface area contributed by atoms with Gasteiger partial charge in [0.15, 0.2) is 0 Å². The highest BCUT2D eigenvalue weighted by molar-refractivity contribution is 5.98.